The molecule has 16 heavy (non-hydrogen) atoms. The van der Waals surface area contributed by atoms with E-state index in [0.29, 0.717) is 5.92 Å². The molecule has 0 saturated carbocycles. The number of alkyl halides is 1. The Morgan fingerprint density at radius 1 is 1.31 bits per heavy atom. The lowest BCUT2D eigenvalue weighted by Crippen LogP contribution is -2.12. The summed E-state index contributed by atoms with van der Waals surface area (Å²) in [7, 11) is 1.73. The topological polar surface area (TPSA) is 9.23 Å². The highest BCUT2D eigenvalue weighted by Crippen LogP contribution is 2.32. The highest BCUT2D eigenvalue weighted by atomic mass is 79.9. The number of rotatable bonds is 3. The van der Waals surface area contributed by atoms with Crippen LogP contribution in [-0.2, 0) is 5.41 Å². The summed E-state index contributed by atoms with van der Waals surface area (Å²) in [6, 6.07) is 6.50. The van der Waals surface area contributed by atoms with Crippen molar-refractivity contribution in [3.8, 4) is 5.75 Å². The van der Waals surface area contributed by atoms with Crippen molar-refractivity contribution < 1.29 is 4.74 Å². The Kier molecular flexibility index (Phi) is 4.43. The van der Waals surface area contributed by atoms with E-state index in [9.17, 15) is 0 Å². The third-order valence-corrected chi connectivity index (χ3v) is 3.83. The number of halogens is 1. The van der Waals surface area contributed by atoms with E-state index in [1.807, 2.05) is 0 Å². The molecule has 0 aliphatic carbocycles. The van der Waals surface area contributed by atoms with Crippen LogP contribution in [0.5, 0.6) is 5.75 Å². The van der Waals surface area contributed by atoms with Crippen LogP contribution in [0.1, 0.15) is 44.7 Å². The maximum absolute atomic E-state index is 5.42. The van der Waals surface area contributed by atoms with Crippen molar-refractivity contribution in [3.63, 3.8) is 0 Å². The molecule has 0 aromatic heterocycles. The Morgan fingerprint density at radius 3 is 2.38 bits per heavy atom. The Balaban J connectivity index is 3.21. The molecule has 2 heteroatoms. The average molecular weight is 285 g/mol. The van der Waals surface area contributed by atoms with Gasteiger partial charge >= 0.3 is 0 Å². The van der Waals surface area contributed by atoms with E-state index >= 15 is 0 Å². The van der Waals surface area contributed by atoms with Gasteiger partial charge < -0.3 is 4.74 Å². The van der Waals surface area contributed by atoms with Crippen molar-refractivity contribution in [1.29, 1.82) is 0 Å². The fraction of sp³-hybridized carbons (Fsp3) is 0.571. The Labute approximate surface area is 107 Å². The molecule has 1 rings (SSSR count). The maximum atomic E-state index is 5.42. The molecule has 1 aromatic carbocycles. The predicted molar refractivity (Wildman–Crippen MR) is 73.9 cm³/mol. The van der Waals surface area contributed by atoms with Crippen LogP contribution >= 0.6 is 15.9 Å². The quantitative estimate of drug-likeness (QED) is 0.743. The van der Waals surface area contributed by atoms with Gasteiger partial charge in [-0.2, -0.15) is 0 Å². The van der Waals surface area contributed by atoms with Gasteiger partial charge in [-0.05, 0) is 28.5 Å². The molecule has 0 fully saturated rings. The summed E-state index contributed by atoms with van der Waals surface area (Å²) in [4.78, 5) is 0. The third kappa shape index (κ3) is 3.00. The van der Waals surface area contributed by atoms with Crippen LogP contribution in [-0.4, -0.2) is 12.4 Å². The minimum Gasteiger partial charge on any atom is -0.496 e. The molecular formula is C14H21BrO. The minimum absolute atomic E-state index is 0.188. The van der Waals surface area contributed by atoms with Crippen molar-refractivity contribution in [2.24, 2.45) is 0 Å². The summed E-state index contributed by atoms with van der Waals surface area (Å²) >= 11 is 3.53. The molecule has 0 radical (unpaired) electrons. The zero-order valence-corrected chi connectivity index (χ0v) is 12.4. The van der Waals surface area contributed by atoms with Gasteiger partial charge in [-0.25, -0.2) is 0 Å². The van der Waals surface area contributed by atoms with E-state index in [1.165, 1.54) is 11.1 Å². The second kappa shape index (κ2) is 5.22. The van der Waals surface area contributed by atoms with Crippen LogP contribution < -0.4 is 4.74 Å². The molecule has 0 heterocycles. The van der Waals surface area contributed by atoms with E-state index in [1.54, 1.807) is 7.11 Å². The summed E-state index contributed by atoms with van der Waals surface area (Å²) in [6.45, 7) is 8.91. The highest BCUT2D eigenvalue weighted by Gasteiger charge is 2.17. The fourth-order valence-electron chi connectivity index (χ4n) is 1.67. The third-order valence-electron chi connectivity index (χ3n) is 2.86. The fourth-order valence-corrected chi connectivity index (χ4v) is 2.02. The van der Waals surface area contributed by atoms with Crippen LogP contribution in [0.4, 0.5) is 0 Å². The molecule has 0 amide bonds. The van der Waals surface area contributed by atoms with Crippen molar-refractivity contribution in [2.45, 2.75) is 39.0 Å². The van der Waals surface area contributed by atoms with Gasteiger partial charge in [0.2, 0.25) is 0 Å². The summed E-state index contributed by atoms with van der Waals surface area (Å²) in [6.07, 6.45) is 0. The van der Waals surface area contributed by atoms with Crippen LogP contribution in [0.15, 0.2) is 18.2 Å². The Bertz CT molecular complexity index is 352. The zero-order valence-electron chi connectivity index (χ0n) is 10.8. The first kappa shape index (κ1) is 13.6. The number of methoxy groups -OCH3 is 1. The Morgan fingerprint density at radius 2 is 1.94 bits per heavy atom. The van der Waals surface area contributed by atoms with Crippen molar-refractivity contribution in [2.75, 3.05) is 12.4 Å². The van der Waals surface area contributed by atoms with Gasteiger partial charge in [0.05, 0.1) is 7.11 Å². The van der Waals surface area contributed by atoms with Crippen molar-refractivity contribution in [3.05, 3.63) is 29.3 Å². The number of ether oxygens (including phenoxy) is 1. The van der Waals surface area contributed by atoms with Gasteiger partial charge in [0.25, 0.3) is 0 Å². The second-order valence-electron chi connectivity index (χ2n) is 5.26. The number of hydrogen-bond acceptors (Lipinski definition) is 1. The van der Waals surface area contributed by atoms with E-state index < -0.39 is 0 Å². The molecule has 0 saturated heterocycles. The molecular weight excluding hydrogens is 264 g/mol. The van der Waals surface area contributed by atoms with Crippen LogP contribution in [0, 0.1) is 0 Å². The van der Waals surface area contributed by atoms with E-state index in [-0.39, 0.29) is 5.41 Å². The van der Waals surface area contributed by atoms with Crippen LogP contribution in [0.2, 0.25) is 0 Å². The first-order valence-corrected chi connectivity index (χ1v) is 6.76. The Hall–Kier alpha value is -0.500. The second-order valence-corrected chi connectivity index (χ2v) is 5.91. The maximum Gasteiger partial charge on any atom is 0.122 e. The molecule has 1 nitrogen and oxygen atoms in total. The van der Waals surface area contributed by atoms with Crippen molar-refractivity contribution >= 4 is 15.9 Å². The van der Waals surface area contributed by atoms with E-state index in [4.69, 9.17) is 4.74 Å². The summed E-state index contributed by atoms with van der Waals surface area (Å²) < 4.78 is 5.42. The van der Waals surface area contributed by atoms with Crippen LogP contribution in [0.25, 0.3) is 0 Å². The summed E-state index contributed by atoms with van der Waals surface area (Å²) in [5.41, 5.74) is 2.83. The summed E-state index contributed by atoms with van der Waals surface area (Å²) in [5.74, 6) is 1.46. The monoisotopic (exact) mass is 284 g/mol. The van der Waals surface area contributed by atoms with Gasteiger partial charge in [-0.1, -0.05) is 55.8 Å². The van der Waals surface area contributed by atoms with E-state index in [0.717, 1.165) is 11.1 Å². The molecule has 90 valence electrons. The largest absolute Gasteiger partial charge is 0.496 e. The van der Waals surface area contributed by atoms with Crippen molar-refractivity contribution in [1.82, 2.24) is 0 Å². The molecule has 1 unspecified atom stereocenters. The molecule has 0 aliphatic rings. The molecule has 1 atom stereocenters. The molecule has 1 aromatic rings. The van der Waals surface area contributed by atoms with E-state index in [2.05, 4.69) is 61.8 Å². The van der Waals surface area contributed by atoms with Gasteiger partial charge in [0.1, 0.15) is 5.75 Å². The molecule has 0 N–H and O–H groups in total. The predicted octanol–water partition coefficient (Wildman–Crippen LogP) is 4.49. The zero-order chi connectivity index (χ0) is 12.3. The molecule has 0 spiro atoms. The lowest BCUT2D eigenvalue weighted by molar-refractivity contribution is 0.407. The van der Waals surface area contributed by atoms with Gasteiger partial charge in [-0.3, -0.25) is 0 Å². The molecule has 0 aliphatic heterocycles. The smallest absolute Gasteiger partial charge is 0.122 e. The summed E-state index contributed by atoms with van der Waals surface area (Å²) in [5, 5.41) is 0.955. The highest BCUT2D eigenvalue weighted by molar-refractivity contribution is 9.09. The SMILES string of the molecule is COc1ccc(C(C)(C)C)cc1C(C)CBr. The normalized spacial score (nSPS) is 13.6. The molecule has 0 bridgehead atoms. The standard InChI is InChI=1S/C14H21BrO/c1-10(9-15)12-8-11(14(2,3)4)6-7-13(12)16-5/h6-8,10H,9H2,1-5H3. The first-order valence-electron chi connectivity index (χ1n) is 5.64. The van der Waals surface area contributed by atoms with Gasteiger partial charge in [0, 0.05) is 5.33 Å². The first-order chi connectivity index (χ1) is 7.40. The number of hydrogen-bond donors (Lipinski definition) is 0. The average Bonchev–Trinajstić information content (AvgIpc) is 2.25. The van der Waals surface area contributed by atoms with Gasteiger partial charge in [-0.15, -0.1) is 0 Å². The number of benzene rings is 1. The lowest BCUT2D eigenvalue weighted by Gasteiger charge is -2.22. The van der Waals surface area contributed by atoms with Crippen LogP contribution in [0.3, 0.4) is 0 Å². The van der Waals surface area contributed by atoms with Gasteiger partial charge in [0.15, 0.2) is 0 Å². The lowest BCUT2D eigenvalue weighted by atomic mass is 9.84. The minimum atomic E-state index is 0.188.